The number of sulfone groups is 1. The Bertz CT molecular complexity index is 568. The van der Waals surface area contributed by atoms with Crippen LogP contribution in [0.15, 0.2) is 23.1 Å². The zero-order valence-electron chi connectivity index (χ0n) is 12.1. The van der Waals surface area contributed by atoms with E-state index in [1.165, 1.54) is 7.11 Å². The van der Waals surface area contributed by atoms with Crippen LogP contribution in [0, 0.1) is 5.92 Å². The highest BCUT2D eigenvalue weighted by Gasteiger charge is 2.36. The third-order valence-electron chi connectivity index (χ3n) is 4.29. The van der Waals surface area contributed by atoms with Crippen molar-refractivity contribution in [2.45, 2.75) is 49.2 Å². The molecule has 2 rings (SSSR count). The van der Waals surface area contributed by atoms with Gasteiger partial charge in [0.2, 0.25) is 0 Å². The van der Waals surface area contributed by atoms with E-state index in [2.05, 4.69) is 6.92 Å². The van der Waals surface area contributed by atoms with Gasteiger partial charge in [0, 0.05) is 6.07 Å². The summed E-state index contributed by atoms with van der Waals surface area (Å²) in [4.78, 5) is 0.224. The van der Waals surface area contributed by atoms with E-state index < -0.39 is 9.84 Å². The van der Waals surface area contributed by atoms with E-state index in [0.717, 1.165) is 32.1 Å². The lowest BCUT2D eigenvalue weighted by atomic mass is 9.87. The van der Waals surface area contributed by atoms with Gasteiger partial charge in [-0.05, 0) is 30.9 Å². The molecule has 0 spiro atoms. The average molecular weight is 297 g/mol. The van der Waals surface area contributed by atoms with Crippen LogP contribution in [0.3, 0.4) is 0 Å². The number of nitrogen functional groups attached to an aromatic ring is 1. The molecule has 1 aliphatic carbocycles. The zero-order chi connectivity index (χ0) is 14.8. The predicted octanol–water partition coefficient (Wildman–Crippen LogP) is 3.02. The number of hydrogen-bond donors (Lipinski definition) is 1. The van der Waals surface area contributed by atoms with Crippen LogP contribution < -0.4 is 10.5 Å². The minimum absolute atomic E-state index is 0.224. The highest BCUT2D eigenvalue weighted by molar-refractivity contribution is 7.92. The van der Waals surface area contributed by atoms with Crippen LogP contribution in [0.2, 0.25) is 0 Å². The fourth-order valence-corrected chi connectivity index (χ4v) is 5.42. The maximum Gasteiger partial charge on any atom is 0.183 e. The molecule has 0 saturated heterocycles. The Hall–Kier alpha value is -1.23. The number of rotatable bonds is 4. The van der Waals surface area contributed by atoms with Crippen LogP contribution in [-0.4, -0.2) is 20.8 Å². The first-order chi connectivity index (χ1) is 9.50. The van der Waals surface area contributed by atoms with Gasteiger partial charge >= 0.3 is 0 Å². The Morgan fingerprint density at radius 2 is 2.00 bits per heavy atom. The fraction of sp³-hybridized carbons (Fsp3) is 0.600. The van der Waals surface area contributed by atoms with Crippen LogP contribution in [-0.2, 0) is 9.84 Å². The Balaban J connectivity index is 2.43. The molecule has 1 aliphatic rings. The first kappa shape index (κ1) is 15.2. The molecule has 0 heterocycles. The van der Waals surface area contributed by atoms with Crippen LogP contribution in [0.1, 0.15) is 39.0 Å². The first-order valence-electron chi connectivity index (χ1n) is 7.18. The van der Waals surface area contributed by atoms with Gasteiger partial charge in [0.1, 0.15) is 5.75 Å². The summed E-state index contributed by atoms with van der Waals surface area (Å²) >= 11 is 0. The summed E-state index contributed by atoms with van der Waals surface area (Å²) in [7, 11) is -1.87. The molecule has 1 aromatic carbocycles. The molecule has 4 nitrogen and oxygen atoms in total. The van der Waals surface area contributed by atoms with Gasteiger partial charge in [-0.25, -0.2) is 8.42 Å². The number of methoxy groups -OCH3 is 1. The lowest BCUT2D eigenvalue weighted by Crippen LogP contribution is -2.33. The molecular formula is C15H23NO3S. The van der Waals surface area contributed by atoms with Gasteiger partial charge in [-0.1, -0.05) is 26.2 Å². The summed E-state index contributed by atoms with van der Waals surface area (Å²) in [5, 5.41) is -0.310. The average Bonchev–Trinajstić information content (AvgIpc) is 2.47. The van der Waals surface area contributed by atoms with E-state index in [0.29, 0.717) is 11.4 Å². The van der Waals surface area contributed by atoms with Crippen molar-refractivity contribution in [3.05, 3.63) is 18.2 Å². The maximum atomic E-state index is 12.9. The molecule has 2 atom stereocenters. The van der Waals surface area contributed by atoms with Crippen molar-refractivity contribution in [2.75, 3.05) is 12.8 Å². The van der Waals surface area contributed by atoms with Crippen molar-refractivity contribution in [1.82, 2.24) is 0 Å². The second-order valence-electron chi connectivity index (χ2n) is 5.44. The van der Waals surface area contributed by atoms with Crippen molar-refractivity contribution in [1.29, 1.82) is 0 Å². The summed E-state index contributed by atoms with van der Waals surface area (Å²) in [6, 6.07) is 4.84. The first-order valence-corrected chi connectivity index (χ1v) is 8.72. The molecule has 0 bridgehead atoms. The smallest absolute Gasteiger partial charge is 0.183 e. The van der Waals surface area contributed by atoms with Gasteiger partial charge < -0.3 is 10.5 Å². The quantitative estimate of drug-likeness (QED) is 0.867. The normalized spacial score (nSPS) is 23.5. The molecule has 2 N–H and O–H groups in total. The molecule has 0 aromatic heterocycles. The molecule has 0 aliphatic heterocycles. The minimum Gasteiger partial charge on any atom is -0.497 e. The molecule has 1 saturated carbocycles. The third-order valence-corrected chi connectivity index (χ3v) is 6.67. The van der Waals surface area contributed by atoms with Gasteiger partial charge in [0.25, 0.3) is 0 Å². The summed E-state index contributed by atoms with van der Waals surface area (Å²) in [5.74, 6) is 0.765. The summed E-state index contributed by atoms with van der Waals surface area (Å²) in [6.45, 7) is 2.06. The molecule has 5 heteroatoms. The molecule has 112 valence electrons. The van der Waals surface area contributed by atoms with Crippen molar-refractivity contribution in [2.24, 2.45) is 5.92 Å². The summed E-state index contributed by atoms with van der Waals surface area (Å²) in [5.41, 5.74) is 6.20. The van der Waals surface area contributed by atoms with Crippen molar-refractivity contribution in [3.8, 4) is 5.75 Å². The van der Waals surface area contributed by atoms with E-state index in [4.69, 9.17) is 10.5 Å². The van der Waals surface area contributed by atoms with E-state index in [1.807, 2.05) is 0 Å². The van der Waals surface area contributed by atoms with Gasteiger partial charge in [-0.2, -0.15) is 0 Å². The summed E-state index contributed by atoms with van der Waals surface area (Å²) in [6.07, 6.45) is 4.72. The third kappa shape index (κ3) is 2.77. The predicted molar refractivity (Wildman–Crippen MR) is 80.6 cm³/mol. The van der Waals surface area contributed by atoms with Crippen molar-refractivity contribution in [3.63, 3.8) is 0 Å². The van der Waals surface area contributed by atoms with E-state index in [-0.39, 0.29) is 16.1 Å². The van der Waals surface area contributed by atoms with E-state index >= 15 is 0 Å². The second kappa shape index (κ2) is 6.04. The Labute approximate surface area is 121 Å². The Kier molecular flexibility index (Phi) is 4.58. The van der Waals surface area contributed by atoms with Crippen LogP contribution in [0.4, 0.5) is 5.69 Å². The number of anilines is 1. The van der Waals surface area contributed by atoms with Crippen molar-refractivity contribution >= 4 is 15.5 Å². The van der Waals surface area contributed by atoms with Gasteiger partial charge in [-0.3, -0.25) is 0 Å². The molecule has 0 radical (unpaired) electrons. The minimum atomic E-state index is -3.39. The Morgan fingerprint density at radius 3 is 2.65 bits per heavy atom. The largest absolute Gasteiger partial charge is 0.497 e. The lowest BCUT2D eigenvalue weighted by Gasteiger charge is -2.30. The van der Waals surface area contributed by atoms with Gasteiger partial charge in [-0.15, -0.1) is 0 Å². The second-order valence-corrected chi connectivity index (χ2v) is 7.58. The zero-order valence-corrected chi connectivity index (χ0v) is 12.9. The van der Waals surface area contributed by atoms with E-state index in [9.17, 15) is 8.42 Å². The maximum absolute atomic E-state index is 12.9. The van der Waals surface area contributed by atoms with Crippen LogP contribution in [0.25, 0.3) is 0 Å². The number of nitrogens with two attached hydrogens (primary N) is 1. The number of benzene rings is 1. The number of ether oxygens (including phenoxy) is 1. The topological polar surface area (TPSA) is 69.4 Å². The van der Waals surface area contributed by atoms with Gasteiger partial charge in [0.05, 0.1) is 22.9 Å². The fourth-order valence-electron chi connectivity index (χ4n) is 3.10. The SMILES string of the molecule is CCC1CCCCC1S(=O)(=O)c1cc(OC)ccc1N. The van der Waals surface area contributed by atoms with Crippen molar-refractivity contribution < 1.29 is 13.2 Å². The molecular weight excluding hydrogens is 274 g/mol. The summed E-state index contributed by atoms with van der Waals surface area (Å²) < 4.78 is 30.9. The molecule has 2 unspecified atom stereocenters. The van der Waals surface area contributed by atoms with Crippen LogP contribution in [0.5, 0.6) is 5.75 Å². The highest BCUT2D eigenvalue weighted by atomic mass is 32.2. The standard InChI is InChI=1S/C15H23NO3S/c1-3-11-6-4-5-7-14(11)20(17,18)15-10-12(19-2)8-9-13(15)16/h8-11,14H,3-7,16H2,1-2H3. The molecule has 1 fully saturated rings. The van der Waals surface area contributed by atoms with E-state index in [1.54, 1.807) is 18.2 Å². The lowest BCUT2D eigenvalue weighted by molar-refractivity contribution is 0.347. The Morgan fingerprint density at radius 1 is 1.30 bits per heavy atom. The highest BCUT2D eigenvalue weighted by Crippen LogP contribution is 2.37. The molecule has 0 amide bonds. The van der Waals surface area contributed by atoms with Gasteiger partial charge in [0.15, 0.2) is 9.84 Å². The molecule has 1 aromatic rings. The van der Waals surface area contributed by atoms with Crippen LogP contribution >= 0.6 is 0 Å². The monoisotopic (exact) mass is 297 g/mol. The number of hydrogen-bond acceptors (Lipinski definition) is 4. The molecule has 20 heavy (non-hydrogen) atoms.